The Kier molecular flexibility index (Phi) is 4.40. The summed E-state index contributed by atoms with van der Waals surface area (Å²) in [6.45, 7) is 0.428. The molecule has 0 aliphatic heterocycles. The largest absolute Gasteiger partial charge is 0.496 e. The summed E-state index contributed by atoms with van der Waals surface area (Å²) >= 11 is 0. The first-order valence-electron chi connectivity index (χ1n) is 6.45. The molecule has 1 aliphatic rings. The van der Waals surface area contributed by atoms with Crippen LogP contribution in [0.4, 0.5) is 0 Å². The van der Waals surface area contributed by atoms with Crippen molar-refractivity contribution in [2.45, 2.75) is 25.4 Å². The number of carboxylic acid groups (broad SMARTS) is 1. The standard InChI is InChI=1S/C15H17NO4/c1-20-13-5-3-2-4-11(13)10-16(12-6-7-12)14(17)8-9-15(18)19/h2-5,8-9,12H,6-7,10H2,1H3,(H,18,19)/b9-8+. The van der Waals surface area contributed by atoms with E-state index in [0.717, 1.165) is 36.3 Å². The normalized spacial score (nSPS) is 14.2. The molecule has 5 nitrogen and oxygen atoms in total. The zero-order valence-electron chi connectivity index (χ0n) is 11.3. The van der Waals surface area contributed by atoms with Gasteiger partial charge in [0.15, 0.2) is 0 Å². The first-order valence-corrected chi connectivity index (χ1v) is 6.45. The highest BCUT2D eigenvalue weighted by molar-refractivity contribution is 5.94. The Morgan fingerprint density at radius 3 is 2.65 bits per heavy atom. The zero-order valence-corrected chi connectivity index (χ0v) is 11.3. The van der Waals surface area contributed by atoms with Gasteiger partial charge in [-0.2, -0.15) is 0 Å². The molecule has 5 heteroatoms. The Morgan fingerprint density at radius 1 is 1.35 bits per heavy atom. The number of amides is 1. The van der Waals surface area contributed by atoms with Crippen LogP contribution in [-0.4, -0.2) is 35.0 Å². The molecule has 1 amide bonds. The first kappa shape index (κ1) is 14.1. The van der Waals surface area contributed by atoms with E-state index < -0.39 is 5.97 Å². The molecule has 0 atom stereocenters. The van der Waals surface area contributed by atoms with Gasteiger partial charge in [0.1, 0.15) is 5.75 Å². The molecule has 0 bridgehead atoms. The predicted octanol–water partition coefficient (Wildman–Crippen LogP) is 1.83. The highest BCUT2D eigenvalue weighted by atomic mass is 16.5. The van der Waals surface area contributed by atoms with Gasteiger partial charge < -0.3 is 14.7 Å². The smallest absolute Gasteiger partial charge is 0.328 e. The second-order valence-corrected chi connectivity index (χ2v) is 4.68. The number of hydrogen-bond acceptors (Lipinski definition) is 3. The fourth-order valence-electron chi connectivity index (χ4n) is 2.03. The molecule has 2 rings (SSSR count). The van der Waals surface area contributed by atoms with E-state index >= 15 is 0 Å². The fraction of sp³-hybridized carbons (Fsp3) is 0.333. The van der Waals surface area contributed by atoms with Crippen molar-refractivity contribution in [2.75, 3.05) is 7.11 Å². The van der Waals surface area contributed by atoms with Crippen LogP contribution in [0.1, 0.15) is 18.4 Å². The van der Waals surface area contributed by atoms with Crippen LogP contribution >= 0.6 is 0 Å². The van der Waals surface area contributed by atoms with Gasteiger partial charge in [-0.1, -0.05) is 18.2 Å². The van der Waals surface area contributed by atoms with E-state index in [0.29, 0.717) is 6.54 Å². The van der Waals surface area contributed by atoms with E-state index in [1.165, 1.54) is 0 Å². The van der Waals surface area contributed by atoms with Gasteiger partial charge in [0.05, 0.1) is 7.11 Å². The minimum Gasteiger partial charge on any atom is -0.496 e. The van der Waals surface area contributed by atoms with Crippen molar-refractivity contribution in [3.63, 3.8) is 0 Å². The Bertz CT molecular complexity index is 534. The number of para-hydroxylation sites is 1. The van der Waals surface area contributed by atoms with Crippen molar-refractivity contribution in [3.8, 4) is 5.75 Å². The summed E-state index contributed by atoms with van der Waals surface area (Å²) in [5.74, 6) is -0.666. The molecule has 20 heavy (non-hydrogen) atoms. The van der Waals surface area contributed by atoms with E-state index in [1.54, 1.807) is 12.0 Å². The van der Waals surface area contributed by atoms with Crippen molar-refractivity contribution < 1.29 is 19.4 Å². The molecule has 1 fully saturated rings. The maximum atomic E-state index is 12.1. The Hall–Kier alpha value is -2.30. The molecule has 1 aliphatic carbocycles. The molecule has 0 unspecified atom stereocenters. The molecule has 0 saturated heterocycles. The van der Waals surface area contributed by atoms with Crippen molar-refractivity contribution in [1.82, 2.24) is 4.90 Å². The van der Waals surface area contributed by atoms with E-state index in [2.05, 4.69) is 0 Å². The molecule has 1 saturated carbocycles. The number of aliphatic carboxylic acids is 1. The summed E-state index contributed by atoms with van der Waals surface area (Å²) in [7, 11) is 1.59. The lowest BCUT2D eigenvalue weighted by molar-refractivity contribution is -0.132. The maximum absolute atomic E-state index is 12.1. The van der Waals surface area contributed by atoms with Gasteiger partial charge in [0.2, 0.25) is 5.91 Å². The molecule has 1 aromatic rings. The lowest BCUT2D eigenvalue weighted by Crippen LogP contribution is -2.31. The van der Waals surface area contributed by atoms with Crippen LogP contribution in [0.25, 0.3) is 0 Å². The van der Waals surface area contributed by atoms with Crippen LogP contribution in [0.2, 0.25) is 0 Å². The molecule has 0 aromatic heterocycles. The van der Waals surface area contributed by atoms with Gasteiger partial charge in [0.25, 0.3) is 0 Å². The van der Waals surface area contributed by atoms with Gasteiger partial charge in [0, 0.05) is 30.3 Å². The zero-order chi connectivity index (χ0) is 14.5. The van der Waals surface area contributed by atoms with E-state index in [4.69, 9.17) is 9.84 Å². The molecular formula is C15H17NO4. The predicted molar refractivity (Wildman–Crippen MR) is 73.3 cm³/mol. The van der Waals surface area contributed by atoms with Crippen molar-refractivity contribution in [2.24, 2.45) is 0 Å². The number of carbonyl (C=O) groups is 2. The topological polar surface area (TPSA) is 66.8 Å². The first-order chi connectivity index (χ1) is 9.61. The molecule has 0 spiro atoms. The minimum absolute atomic E-state index is 0.200. The maximum Gasteiger partial charge on any atom is 0.328 e. The van der Waals surface area contributed by atoms with Crippen LogP contribution in [0.15, 0.2) is 36.4 Å². The third-order valence-corrected chi connectivity index (χ3v) is 3.17. The SMILES string of the molecule is COc1ccccc1CN(C(=O)/C=C/C(=O)O)C1CC1. The van der Waals surface area contributed by atoms with E-state index in [-0.39, 0.29) is 11.9 Å². The van der Waals surface area contributed by atoms with Gasteiger partial charge >= 0.3 is 5.97 Å². The highest BCUT2D eigenvalue weighted by Gasteiger charge is 2.32. The Balaban J connectivity index is 2.13. The van der Waals surface area contributed by atoms with Crippen LogP contribution in [-0.2, 0) is 16.1 Å². The second-order valence-electron chi connectivity index (χ2n) is 4.68. The summed E-state index contributed by atoms with van der Waals surface area (Å²) < 4.78 is 5.27. The Labute approximate surface area is 117 Å². The average molecular weight is 275 g/mol. The van der Waals surface area contributed by atoms with Crippen molar-refractivity contribution >= 4 is 11.9 Å². The van der Waals surface area contributed by atoms with Crippen molar-refractivity contribution in [3.05, 3.63) is 42.0 Å². The Morgan fingerprint density at radius 2 is 2.05 bits per heavy atom. The monoisotopic (exact) mass is 275 g/mol. The minimum atomic E-state index is -1.12. The summed E-state index contributed by atoms with van der Waals surface area (Å²) in [5.41, 5.74) is 0.916. The van der Waals surface area contributed by atoms with Crippen LogP contribution in [0.3, 0.4) is 0 Å². The number of methoxy groups -OCH3 is 1. The van der Waals surface area contributed by atoms with E-state index in [1.807, 2.05) is 24.3 Å². The third kappa shape index (κ3) is 3.60. The quantitative estimate of drug-likeness (QED) is 0.804. The molecule has 0 radical (unpaired) electrons. The second kappa shape index (κ2) is 6.23. The molecule has 106 valence electrons. The van der Waals surface area contributed by atoms with Gasteiger partial charge in [-0.15, -0.1) is 0 Å². The number of rotatable bonds is 6. The number of ether oxygens (including phenoxy) is 1. The van der Waals surface area contributed by atoms with Gasteiger partial charge in [-0.05, 0) is 18.9 Å². The highest BCUT2D eigenvalue weighted by Crippen LogP contribution is 2.30. The van der Waals surface area contributed by atoms with Crippen LogP contribution < -0.4 is 4.74 Å². The lowest BCUT2D eigenvalue weighted by atomic mass is 10.2. The number of benzene rings is 1. The number of carbonyl (C=O) groups excluding carboxylic acids is 1. The van der Waals surface area contributed by atoms with Crippen LogP contribution in [0.5, 0.6) is 5.75 Å². The molecule has 0 heterocycles. The summed E-state index contributed by atoms with van der Waals surface area (Å²) in [5, 5.41) is 8.59. The fourth-order valence-corrected chi connectivity index (χ4v) is 2.03. The number of hydrogen-bond donors (Lipinski definition) is 1. The number of nitrogens with zero attached hydrogens (tertiary/aromatic N) is 1. The average Bonchev–Trinajstić information content (AvgIpc) is 3.27. The van der Waals surface area contributed by atoms with E-state index in [9.17, 15) is 9.59 Å². The summed E-state index contributed by atoms with van der Waals surface area (Å²) in [6.07, 6.45) is 3.90. The molecule has 1 aromatic carbocycles. The lowest BCUT2D eigenvalue weighted by Gasteiger charge is -2.22. The van der Waals surface area contributed by atoms with Crippen LogP contribution in [0, 0.1) is 0 Å². The third-order valence-electron chi connectivity index (χ3n) is 3.17. The van der Waals surface area contributed by atoms with Gasteiger partial charge in [-0.3, -0.25) is 4.79 Å². The van der Waals surface area contributed by atoms with Gasteiger partial charge in [-0.25, -0.2) is 4.79 Å². The summed E-state index contributed by atoms with van der Waals surface area (Å²) in [6, 6.07) is 7.71. The molecule has 1 N–H and O–H groups in total. The summed E-state index contributed by atoms with van der Waals surface area (Å²) in [4.78, 5) is 24.3. The number of carboxylic acids is 1. The van der Waals surface area contributed by atoms with Crippen molar-refractivity contribution in [1.29, 1.82) is 0 Å². The molecular weight excluding hydrogens is 258 g/mol.